The highest BCUT2D eigenvalue weighted by atomic mass is 35.5. The maximum atomic E-state index is 11.1. The summed E-state index contributed by atoms with van der Waals surface area (Å²) in [7, 11) is 0. The number of nitrogens with zero attached hydrogens (tertiary/aromatic N) is 1. The van der Waals surface area contributed by atoms with Crippen LogP contribution in [0.25, 0.3) is 0 Å². The van der Waals surface area contributed by atoms with Gasteiger partial charge in [0.25, 0.3) is 0 Å². The van der Waals surface area contributed by atoms with Crippen LogP contribution in [0.3, 0.4) is 0 Å². The predicted molar refractivity (Wildman–Crippen MR) is 55.9 cm³/mol. The number of amides is 1. The zero-order valence-corrected chi connectivity index (χ0v) is 9.09. The van der Waals surface area contributed by atoms with Crippen LogP contribution in [0.15, 0.2) is 0 Å². The molecule has 3 fully saturated rings. The molecular weight excluding hydrogens is 200 g/mol. The molecule has 0 aromatic heterocycles. The maximum Gasteiger partial charge on any atom is 0.249 e. The summed E-state index contributed by atoms with van der Waals surface area (Å²) < 4.78 is 0. The molecule has 2 aliphatic heterocycles. The molecule has 3 nitrogen and oxygen atoms in total. The molecule has 0 spiro atoms. The molecule has 1 N–H and O–H groups in total. The summed E-state index contributed by atoms with van der Waals surface area (Å²) in [5, 5.41) is 2.07. The van der Waals surface area contributed by atoms with Crippen LogP contribution in [0.4, 0.5) is 0 Å². The van der Waals surface area contributed by atoms with E-state index in [4.69, 9.17) is 11.6 Å². The van der Waals surface area contributed by atoms with E-state index in [0.717, 1.165) is 24.9 Å². The van der Waals surface area contributed by atoms with E-state index < -0.39 is 0 Å². The van der Waals surface area contributed by atoms with Crippen LogP contribution >= 0.6 is 11.6 Å². The normalized spacial score (nSPS) is 32.6. The van der Waals surface area contributed by atoms with Gasteiger partial charge in [0.1, 0.15) is 5.88 Å². The summed E-state index contributed by atoms with van der Waals surface area (Å²) in [6, 6.07) is 0. The molecule has 14 heavy (non-hydrogen) atoms. The van der Waals surface area contributed by atoms with Crippen molar-refractivity contribution in [2.75, 3.05) is 19.0 Å². The van der Waals surface area contributed by atoms with E-state index in [-0.39, 0.29) is 11.8 Å². The van der Waals surface area contributed by atoms with E-state index in [0.29, 0.717) is 0 Å². The second kappa shape index (κ2) is 4.49. The van der Waals surface area contributed by atoms with Crippen molar-refractivity contribution in [2.24, 2.45) is 11.8 Å². The fourth-order valence-corrected chi connectivity index (χ4v) is 2.65. The van der Waals surface area contributed by atoms with E-state index in [2.05, 4.69) is 10.4 Å². The summed E-state index contributed by atoms with van der Waals surface area (Å²) in [6.45, 7) is 2.03. The Morgan fingerprint density at radius 3 is 2.14 bits per heavy atom. The monoisotopic (exact) mass is 216 g/mol. The number of hydrazine groups is 1. The molecule has 0 radical (unpaired) electrons. The number of carbonyl (C=O) groups excluding carboxylic acids is 1. The molecule has 1 aliphatic carbocycles. The molecule has 2 saturated heterocycles. The number of fused-ring (bicyclic) bond motifs is 4. The third-order valence-electron chi connectivity index (χ3n) is 3.33. The first-order chi connectivity index (χ1) is 6.78. The van der Waals surface area contributed by atoms with E-state index in [1.807, 2.05) is 0 Å². The second-order valence-electron chi connectivity index (χ2n) is 4.46. The highest BCUT2D eigenvalue weighted by Gasteiger charge is 2.29. The summed E-state index contributed by atoms with van der Waals surface area (Å²) in [4.78, 5) is 11.1. The quantitative estimate of drug-likeness (QED) is 0.708. The smallest absolute Gasteiger partial charge is 0.249 e. The zero-order valence-electron chi connectivity index (χ0n) is 8.34. The van der Waals surface area contributed by atoms with Gasteiger partial charge in [-0.1, -0.05) is 0 Å². The first-order valence-corrected chi connectivity index (χ1v) is 5.92. The summed E-state index contributed by atoms with van der Waals surface area (Å²) in [5.74, 6) is 1.55. The highest BCUT2D eigenvalue weighted by molar-refractivity contribution is 6.27. The Hall–Kier alpha value is -0.280. The molecule has 1 saturated carbocycles. The Bertz CT molecular complexity index is 200. The van der Waals surface area contributed by atoms with E-state index >= 15 is 0 Å². The van der Waals surface area contributed by atoms with E-state index in [1.165, 1.54) is 25.7 Å². The number of halogens is 1. The second-order valence-corrected chi connectivity index (χ2v) is 4.73. The minimum Gasteiger partial charge on any atom is -0.288 e. The van der Waals surface area contributed by atoms with E-state index in [1.54, 1.807) is 0 Å². The maximum absolute atomic E-state index is 11.1. The van der Waals surface area contributed by atoms with Crippen molar-refractivity contribution >= 4 is 17.5 Å². The SMILES string of the molecule is O=C(CCl)NN1CC2CCC(CC2)C1. The fourth-order valence-electron chi connectivity index (χ4n) is 2.59. The van der Waals surface area contributed by atoms with Crippen molar-refractivity contribution in [1.82, 2.24) is 10.4 Å². The van der Waals surface area contributed by atoms with Crippen LogP contribution < -0.4 is 5.43 Å². The lowest BCUT2D eigenvalue weighted by molar-refractivity contribution is -0.123. The molecule has 0 unspecified atom stereocenters. The fraction of sp³-hybridized carbons (Fsp3) is 0.900. The van der Waals surface area contributed by atoms with Gasteiger partial charge < -0.3 is 0 Å². The van der Waals surface area contributed by atoms with Crippen LogP contribution in [0.1, 0.15) is 25.7 Å². The predicted octanol–water partition coefficient (Wildman–Crippen LogP) is 1.38. The van der Waals surface area contributed by atoms with Gasteiger partial charge in [0.05, 0.1) is 0 Å². The average molecular weight is 217 g/mol. The lowest BCUT2D eigenvalue weighted by Gasteiger charge is -2.22. The number of rotatable bonds is 2. The van der Waals surface area contributed by atoms with Gasteiger partial charge in [-0.3, -0.25) is 10.2 Å². The Balaban J connectivity index is 1.90. The van der Waals surface area contributed by atoms with Gasteiger partial charge in [0, 0.05) is 13.1 Å². The van der Waals surface area contributed by atoms with Gasteiger partial charge in [-0.25, -0.2) is 5.01 Å². The van der Waals surface area contributed by atoms with Crippen LogP contribution in [-0.2, 0) is 4.79 Å². The molecule has 0 atom stereocenters. The number of hydrogen-bond donors (Lipinski definition) is 1. The lowest BCUT2D eigenvalue weighted by Crippen LogP contribution is -2.45. The summed E-state index contributed by atoms with van der Waals surface area (Å²) in [6.07, 6.45) is 5.33. The molecule has 3 rings (SSSR count). The molecular formula is C10H17ClN2O. The van der Waals surface area contributed by atoms with Crippen molar-refractivity contribution in [3.8, 4) is 0 Å². The van der Waals surface area contributed by atoms with Crippen molar-refractivity contribution in [2.45, 2.75) is 25.7 Å². The number of nitrogens with one attached hydrogen (secondary N) is 1. The van der Waals surface area contributed by atoms with E-state index in [9.17, 15) is 4.79 Å². The number of alkyl halides is 1. The molecule has 0 aromatic carbocycles. The Labute approximate surface area is 89.8 Å². The van der Waals surface area contributed by atoms with Crippen LogP contribution in [0.5, 0.6) is 0 Å². The third kappa shape index (κ3) is 2.39. The molecule has 80 valence electrons. The third-order valence-corrected chi connectivity index (χ3v) is 3.57. The van der Waals surface area contributed by atoms with Crippen LogP contribution in [0.2, 0.25) is 0 Å². The minimum absolute atomic E-state index is 0.0613. The molecule has 2 heterocycles. The van der Waals surface area contributed by atoms with Gasteiger partial charge in [-0.2, -0.15) is 0 Å². The molecule has 2 bridgehead atoms. The van der Waals surface area contributed by atoms with Gasteiger partial charge >= 0.3 is 0 Å². The van der Waals surface area contributed by atoms with Crippen molar-refractivity contribution in [1.29, 1.82) is 0 Å². The minimum atomic E-state index is -0.0760. The summed E-state index contributed by atoms with van der Waals surface area (Å²) >= 11 is 5.46. The number of carbonyl (C=O) groups is 1. The topological polar surface area (TPSA) is 32.3 Å². The molecule has 1 amide bonds. The van der Waals surface area contributed by atoms with Crippen LogP contribution in [0, 0.1) is 11.8 Å². The Morgan fingerprint density at radius 1 is 1.21 bits per heavy atom. The molecule has 0 aromatic rings. The van der Waals surface area contributed by atoms with Gasteiger partial charge in [0.2, 0.25) is 5.91 Å². The molecule has 3 aliphatic rings. The van der Waals surface area contributed by atoms with Crippen molar-refractivity contribution in [3.05, 3.63) is 0 Å². The van der Waals surface area contributed by atoms with Gasteiger partial charge in [0.15, 0.2) is 0 Å². The summed E-state index contributed by atoms with van der Waals surface area (Å²) in [5.41, 5.74) is 2.87. The largest absolute Gasteiger partial charge is 0.288 e. The Kier molecular flexibility index (Phi) is 3.29. The zero-order chi connectivity index (χ0) is 9.97. The van der Waals surface area contributed by atoms with Crippen molar-refractivity contribution < 1.29 is 4.79 Å². The molecule has 4 heteroatoms. The first kappa shape index (κ1) is 10.2. The number of hydrogen-bond acceptors (Lipinski definition) is 2. The Morgan fingerprint density at radius 2 is 1.71 bits per heavy atom. The first-order valence-electron chi connectivity index (χ1n) is 5.38. The van der Waals surface area contributed by atoms with Gasteiger partial charge in [-0.05, 0) is 37.5 Å². The standard InChI is InChI=1S/C10H17ClN2O/c11-5-10(14)12-13-6-8-1-2-9(7-13)4-3-8/h8-9H,1-7H2,(H,12,14). The lowest BCUT2D eigenvalue weighted by atomic mass is 9.84. The van der Waals surface area contributed by atoms with Gasteiger partial charge in [-0.15, -0.1) is 11.6 Å². The van der Waals surface area contributed by atoms with Crippen LogP contribution in [-0.4, -0.2) is 29.9 Å². The van der Waals surface area contributed by atoms with Crippen molar-refractivity contribution in [3.63, 3.8) is 0 Å². The average Bonchev–Trinajstić information content (AvgIpc) is 2.49. The highest BCUT2D eigenvalue weighted by Crippen LogP contribution is 2.32.